The quantitative estimate of drug-likeness (QED) is 0.505. The number of hydrogen-bond acceptors (Lipinski definition) is 4. The summed E-state index contributed by atoms with van der Waals surface area (Å²) in [7, 11) is 0. The third kappa shape index (κ3) is 3.06. The minimum atomic E-state index is -0.289. The van der Waals surface area contributed by atoms with Crippen LogP contribution in [0.25, 0.3) is 16.9 Å². The summed E-state index contributed by atoms with van der Waals surface area (Å²) in [5.41, 5.74) is 5.67. The van der Waals surface area contributed by atoms with E-state index in [1.165, 1.54) is 17.7 Å². The maximum absolute atomic E-state index is 13.6. The van der Waals surface area contributed by atoms with Crippen LogP contribution in [0.4, 0.5) is 16.0 Å². The number of anilines is 2. The summed E-state index contributed by atoms with van der Waals surface area (Å²) in [6, 6.07) is 16.9. The van der Waals surface area contributed by atoms with Crippen LogP contribution in [0, 0.1) is 12.7 Å². The molecule has 0 bridgehead atoms. The molecule has 144 valence electrons. The zero-order chi connectivity index (χ0) is 20.0. The lowest BCUT2D eigenvalue weighted by atomic mass is 10.1. The highest BCUT2D eigenvalue weighted by atomic mass is 19.1. The van der Waals surface area contributed by atoms with Crippen molar-refractivity contribution in [3.8, 4) is 16.9 Å². The molecule has 4 aromatic rings. The molecule has 5 rings (SSSR count). The van der Waals surface area contributed by atoms with E-state index in [4.69, 9.17) is 4.98 Å². The molecule has 0 radical (unpaired) electrons. The zero-order valence-corrected chi connectivity index (χ0v) is 16.2. The largest absolute Gasteiger partial charge is 0.307 e. The molecule has 2 aromatic carbocycles. The topological polar surface area (TPSA) is 46.8 Å². The Bertz CT molecular complexity index is 1200. The second-order valence-corrected chi connectivity index (χ2v) is 7.35. The van der Waals surface area contributed by atoms with Crippen molar-refractivity contribution in [2.45, 2.75) is 26.3 Å². The summed E-state index contributed by atoms with van der Waals surface area (Å²) in [6.07, 6.45) is 4.64. The third-order valence-corrected chi connectivity index (χ3v) is 5.31. The van der Waals surface area contributed by atoms with Gasteiger partial charge in [0.2, 0.25) is 5.95 Å². The number of aryl methyl sites for hydroxylation is 1. The molecule has 0 aliphatic carbocycles. The molecule has 2 aromatic heterocycles. The number of nitrogens with zero attached hydrogens (tertiary/aromatic N) is 5. The van der Waals surface area contributed by atoms with E-state index in [0.717, 1.165) is 29.1 Å². The Kier molecular flexibility index (Phi) is 4.12. The number of aromatic nitrogens is 4. The minimum Gasteiger partial charge on any atom is -0.307 e. The van der Waals surface area contributed by atoms with Crippen LogP contribution >= 0.6 is 0 Å². The smallest absolute Gasteiger partial charge is 0.230 e. The van der Waals surface area contributed by atoms with Crippen molar-refractivity contribution in [3.63, 3.8) is 0 Å². The highest BCUT2D eigenvalue weighted by molar-refractivity contribution is 5.69. The van der Waals surface area contributed by atoms with Crippen LogP contribution in [0.15, 0.2) is 67.0 Å². The average Bonchev–Trinajstić information content (AvgIpc) is 3.27. The summed E-state index contributed by atoms with van der Waals surface area (Å²) >= 11 is 0. The van der Waals surface area contributed by atoms with Gasteiger partial charge in [-0.15, -0.1) is 0 Å². The molecule has 0 spiro atoms. The van der Waals surface area contributed by atoms with Gasteiger partial charge in [-0.2, -0.15) is 5.10 Å². The predicted molar refractivity (Wildman–Crippen MR) is 111 cm³/mol. The van der Waals surface area contributed by atoms with Crippen molar-refractivity contribution in [2.24, 2.45) is 0 Å². The molecule has 3 heterocycles. The Labute approximate surface area is 168 Å². The molecule has 0 saturated carbocycles. The third-order valence-electron chi connectivity index (χ3n) is 5.31. The molecule has 1 aliphatic rings. The molecule has 1 unspecified atom stereocenters. The van der Waals surface area contributed by atoms with E-state index in [0.29, 0.717) is 17.7 Å². The van der Waals surface area contributed by atoms with E-state index in [9.17, 15) is 4.39 Å². The standard InChI is InChI=1S/C23H20FN5/c1-15-12-17-6-3-4-9-22(17)29(15)23-25-11-10-21(26-23)20-14-28(27-16(20)2)19-8-5-7-18(24)13-19/h3-11,13-15H,12H2,1-2H3. The normalized spacial score (nSPS) is 15.6. The lowest BCUT2D eigenvalue weighted by Gasteiger charge is -2.22. The predicted octanol–water partition coefficient (Wildman–Crippen LogP) is 4.86. The van der Waals surface area contributed by atoms with E-state index in [-0.39, 0.29) is 5.82 Å². The van der Waals surface area contributed by atoms with Crippen molar-refractivity contribution in [1.82, 2.24) is 19.7 Å². The average molecular weight is 385 g/mol. The summed E-state index contributed by atoms with van der Waals surface area (Å²) in [6.45, 7) is 4.12. The Hall–Kier alpha value is -3.54. The van der Waals surface area contributed by atoms with E-state index >= 15 is 0 Å². The van der Waals surface area contributed by atoms with Crippen LogP contribution in [0.1, 0.15) is 18.2 Å². The number of para-hydroxylation sites is 1. The van der Waals surface area contributed by atoms with Crippen molar-refractivity contribution in [2.75, 3.05) is 4.90 Å². The van der Waals surface area contributed by atoms with Gasteiger partial charge in [-0.3, -0.25) is 0 Å². The van der Waals surface area contributed by atoms with Gasteiger partial charge in [0.1, 0.15) is 5.82 Å². The Morgan fingerprint density at radius 2 is 1.93 bits per heavy atom. The zero-order valence-electron chi connectivity index (χ0n) is 16.2. The van der Waals surface area contributed by atoms with Gasteiger partial charge in [0, 0.05) is 29.7 Å². The summed E-state index contributed by atoms with van der Waals surface area (Å²) in [4.78, 5) is 11.6. The summed E-state index contributed by atoms with van der Waals surface area (Å²) < 4.78 is 15.3. The minimum absolute atomic E-state index is 0.289. The lowest BCUT2D eigenvalue weighted by molar-refractivity contribution is 0.625. The van der Waals surface area contributed by atoms with Gasteiger partial charge in [-0.05, 0) is 56.2 Å². The molecular formula is C23H20FN5. The van der Waals surface area contributed by atoms with Crippen molar-refractivity contribution < 1.29 is 4.39 Å². The van der Waals surface area contributed by atoms with Gasteiger partial charge in [0.25, 0.3) is 0 Å². The first-order valence-corrected chi connectivity index (χ1v) is 9.63. The Morgan fingerprint density at radius 1 is 1.07 bits per heavy atom. The van der Waals surface area contributed by atoms with Crippen LogP contribution in [0.5, 0.6) is 0 Å². The summed E-state index contributed by atoms with van der Waals surface area (Å²) in [5, 5.41) is 4.55. The molecule has 5 nitrogen and oxygen atoms in total. The maximum atomic E-state index is 13.6. The fraction of sp³-hybridized carbons (Fsp3) is 0.174. The summed E-state index contributed by atoms with van der Waals surface area (Å²) in [5.74, 6) is 0.390. The number of fused-ring (bicyclic) bond motifs is 1. The van der Waals surface area contributed by atoms with E-state index < -0.39 is 0 Å². The first kappa shape index (κ1) is 17.6. The molecule has 6 heteroatoms. The molecule has 0 amide bonds. The SMILES string of the molecule is Cc1nn(-c2cccc(F)c2)cc1-c1ccnc(N2c3ccccc3CC2C)n1. The molecule has 0 N–H and O–H groups in total. The molecule has 29 heavy (non-hydrogen) atoms. The maximum Gasteiger partial charge on any atom is 0.230 e. The van der Waals surface area contributed by atoms with E-state index in [1.54, 1.807) is 16.9 Å². The van der Waals surface area contributed by atoms with E-state index in [2.05, 4.69) is 40.1 Å². The monoisotopic (exact) mass is 385 g/mol. The van der Waals surface area contributed by atoms with Gasteiger partial charge < -0.3 is 4.90 Å². The van der Waals surface area contributed by atoms with Crippen molar-refractivity contribution in [3.05, 3.63) is 84.1 Å². The van der Waals surface area contributed by atoms with Gasteiger partial charge in [-0.1, -0.05) is 24.3 Å². The molecule has 1 atom stereocenters. The molecule has 1 aliphatic heterocycles. The second-order valence-electron chi connectivity index (χ2n) is 7.35. The number of halogens is 1. The van der Waals surface area contributed by atoms with Gasteiger partial charge in [0.05, 0.1) is 17.1 Å². The molecule has 0 saturated heterocycles. The van der Waals surface area contributed by atoms with Crippen LogP contribution in [-0.2, 0) is 6.42 Å². The van der Waals surface area contributed by atoms with Gasteiger partial charge in [-0.25, -0.2) is 19.0 Å². The fourth-order valence-corrected chi connectivity index (χ4v) is 3.95. The van der Waals surface area contributed by atoms with Crippen LogP contribution in [-0.4, -0.2) is 25.8 Å². The number of benzene rings is 2. The number of hydrogen-bond donors (Lipinski definition) is 0. The van der Waals surface area contributed by atoms with Crippen LogP contribution < -0.4 is 4.90 Å². The van der Waals surface area contributed by atoms with Gasteiger partial charge >= 0.3 is 0 Å². The lowest BCUT2D eigenvalue weighted by Crippen LogP contribution is -2.25. The Morgan fingerprint density at radius 3 is 2.79 bits per heavy atom. The first-order chi connectivity index (χ1) is 14.1. The van der Waals surface area contributed by atoms with Gasteiger partial charge in [0.15, 0.2) is 0 Å². The Balaban J connectivity index is 1.54. The van der Waals surface area contributed by atoms with Crippen LogP contribution in [0.2, 0.25) is 0 Å². The molecular weight excluding hydrogens is 365 g/mol. The van der Waals surface area contributed by atoms with E-state index in [1.807, 2.05) is 31.3 Å². The number of rotatable bonds is 3. The van der Waals surface area contributed by atoms with Crippen molar-refractivity contribution >= 4 is 11.6 Å². The molecule has 0 fully saturated rings. The highest BCUT2D eigenvalue weighted by Crippen LogP contribution is 2.37. The fourth-order valence-electron chi connectivity index (χ4n) is 3.95. The highest BCUT2D eigenvalue weighted by Gasteiger charge is 2.28. The van der Waals surface area contributed by atoms with Crippen molar-refractivity contribution in [1.29, 1.82) is 0 Å². The first-order valence-electron chi connectivity index (χ1n) is 9.63. The van der Waals surface area contributed by atoms with Crippen LogP contribution in [0.3, 0.4) is 0 Å². The second kappa shape index (κ2) is 6.81.